The maximum absolute atomic E-state index is 12.3. The van der Waals surface area contributed by atoms with Crippen LogP contribution in [0.1, 0.15) is 37.8 Å². The number of pyridine rings is 1. The van der Waals surface area contributed by atoms with Gasteiger partial charge in [0.15, 0.2) is 0 Å². The molecule has 1 aliphatic heterocycles. The second-order valence-electron chi connectivity index (χ2n) is 7.38. The smallest absolute Gasteiger partial charge is 0.235 e. The number of carbonyl (C=O) groups is 1. The lowest BCUT2D eigenvalue weighted by Crippen LogP contribution is -2.48. The largest absolute Gasteiger partial charge is 0.370 e. The molecule has 1 amide bonds. The van der Waals surface area contributed by atoms with Crippen LogP contribution < -0.4 is 10.6 Å². The van der Waals surface area contributed by atoms with Gasteiger partial charge in [-0.25, -0.2) is 4.98 Å². The monoisotopic (exact) mass is 341 g/mol. The van der Waals surface area contributed by atoms with Gasteiger partial charge in [-0.3, -0.25) is 9.69 Å². The average Bonchev–Trinajstić information content (AvgIpc) is 3.23. The van der Waals surface area contributed by atoms with Crippen LogP contribution in [0, 0.1) is 24.2 Å². The zero-order valence-corrected chi connectivity index (χ0v) is 14.9. The number of aromatic nitrogens is 1. The van der Waals surface area contributed by atoms with Crippen LogP contribution in [0.4, 0.5) is 5.82 Å². The van der Waals surface area contributed by atoms with Crippen LogP contribution in [0.3, 0.4) is 0 Å². The van der Waals surface area contributed by atoms with Crippen molar-refractivity contribution in [2.24, 2.45) is 5.92 Å². The summed E-state index contributed by atoms with van der Waals surface area (Å²) in [4.78, 5) is 19.0. The van der Waals surface area contributed by atoms with Crippen molar-refractivity contribution in [2.45, 2.75) is 44.6 Å². The van der Waals surface area contributed by atoms with E-state index in [1.807, 2.05) is 25.1 Å². The molecule has 2 N–H and O–H groups in total. The van der Waals surface area contributed by atoms with Gasteiger partial charge in [-0.2, -0.15) is 5.26 Å². The number of hydrogen-bond donors (Lipinski definition) is 2. The van der Waals surface area contributed by atoms with E-state index in [1.54, 1.807) is 0 Å². The molecule has 6 nitrogen and oxygen atoms in total. The lowest BCUT2D eigenvalue weighted by Gasteiger charge is -2.24. The number of nitriles is 1. The highest BCUT2D eigenvalue weighted by Gasteiger charge is 2.36. The third kappa shape index (κ3) is 4.70. The van der Waals surface area contributed by atoms with Crippen LogP contribution in [0.15, 0.2) is 18.2 Å². The summed E-state index contributed by atoms with van der Waals surface area (Å²) < 4.78 is 0. The molecule has 1 aromatic heterocycles. The van der Waals surface area contributed by atoms with Gasteiger partial charge in [0.05, 0.1) is 12.6 Å². The first-order chi connectivity index (χ1) is 12.1. The molecule has 0 radical (unpaired) electrons. The van der Waals surface area contributed by atoms with E-state index >= 15 is 0 Å². The number of amides is 1. The number of nitrogens with one attached hydrogen (secondary N) is 2. The molecule has 1 saturated heterocycles. The Bertz CT molecular complexity index is 647. The minimum Gasteiger partial charge on any atom is -0.370 e. The molecular weight excluding hydrogens is 314 g/mol. The Morgan fingerprint density at radius 3 is 2.96 bits per heavy atom. The third-order valence-corrected chi connectivity index (χ3v) is 5.25. The van der Waals surface area contributed by atoms with E-state index in [1.165, 1.54) is 0 Å². The lowest BCUT2D eigenvalue weighted by molar-refractivity contribution is -0.123. The van der Waals surface area contributed by atoms with Gasteiger partial charge in [0.25, 0.3) is 0 Å². The summed E-state index contributed by atoms with van der Waals surface area (Å²) in [5.74, 6) is 1.41. The molecule has 2 fully saturated rings. The van der Waals surface area contributed by atoms with Crippen molar-refractivity contribution < 1.29 is 4.79 Å². The summed E-state index contributed by atoms with van der Waals surface area (Å²) in [7, 11) is 0. The second kappa shape index (κ2) is 7.83. The number of rotatable bonds is 6. The van der Waals surface area contributed by atoms with Crippen LogP contribution in [-0.2, 0) is 4.79 Å². The Kier molecular flexibility index (Phi) is 5.54. The maximum Gasteiger partial charge on any atom is 0.235 e. The molecule has 25 heavy (non-hydrogen) atoms. The van der Waals surface area contributed by atoms with Crippen LogP contribution in [-0.4, -0.2) is 47.5 Å². The maximum atomic E-state index is 12.3. The predicted molar refractivity (Wildman–Crippen MR) is 97.0 cm³/mol. The Hall–Kier alpha value is -2.13. The molecule has 6 heteroatoms. The van der Waals surface area contributed by atoms with E-state index in [4.69, 9.17) is 0 Å². The van der Waals surface area contributed by atoms with Crippen molar-refractivity contribution in [3.63, 3.8) is 0 Å². The van der Waals surface area contributed by atoms with Crippen molar-refractivity contribution >= 4 is 11.7 Å². The molecule has 1 aromatic rings. The van der Waals surface area contributed by atoms with Gasteiger partial charge in [-0.15, -0.1) is 0 Å². The summed E-state index contributed by atoms with van der Waals surface area (Å²) in [6.45, 7) is 5.09. The van der Waals surface area contributed by atoms with Gasteiger partial charge < -0.3 is 10.6 Å². The molecule has 1 aliphatic carbocycles. The zero-order valence-electron chi connectivity index (χ0n) is 14.9. The number of likely N-dealkylation sites (tertiary alicyclic amines) is 1. The van der Waals surface area contributed by atoms with Crippen LogP contribution >= 0.6 is 0 Å². The topological polar surface area (TPSA) is 81.0 Å². The molecule has 0 aromatic carbocycles. The summed E-state index contributed by atoms with van der Waals surface area (Å²) in [6, 6.07) is 8.29. The van der Waals surface area contributed by atoms with Crippen molar-refractivity contribution in [1.82, 2.24) is 15.2 Å². The van der Waals surface area contributed by atoms with E-state index in [-0.39, 0.29) is 5.91 Å². The number of anilines is 1. The van der Waals surface area contributed by atoms with Gasteiger partial charge in [0, 0.05) is 18.8 Å². The lowest BCUT2D eigenvalue weighted by atomic mass is 10.00. The minimum atomic E-state index is -0.616. The average molecular weight is 341 g/mol. The van der Waals surface area contributed by atoms with Crippen molar-refractivity contribution in [2.75, 3.05) is 31.5 Å². The van der Waals surface area contributed by atoms with E-state index in [0.717, 1.165) is 63.3 Å². The van der Waals surface area contributed by atoms with Gasteiger partial charge >= 0.3 is 0 Å². The molecule has 1 atom stereocenters. The first kappa shape index (κ1) is 17.7. The van der Waals surface area contributed by atoms with Gasteiger partial charge in [-0.1, -0.05) is 6.07 Å². The second-order valence-corrected chi connectivity index (χ2v) is 7.38. The molecule has 134 valence electrons. The molecule has 2 heterocycles. The van der Waals surface area contributed by atoms with E-state index in [0.29, 0.717) is 12.5 Å². The molecule has 0 bridgehead atoms. The first-order valence-corrected chi connectivity index (χ1v) is 9.21. The molecule has 2 aliphatic rings. The first-order valence-electron chi connectivity index (χ1n) is 9.21. The standard InChI is InChI=1S/C19H27N5O/c1-15-5-4-6-17(22-15)21-11-16-7-10-24(12-16)13-18(25)23-19(14-20)8-2-3-9-19/h4-6,16H,2-3,7-13H2,1H3,(H,21,22)(H,23,25)/t16-/m0/s1. The fourth-order valence-corrected chi connectivity index (χ4v) is 3.87. The normalized spacial score (nSPS) is 22.5. The van der Waals surface area contributed by atoms with Gasteiger partial charge in [-0.05, 0) is 63.6 Å². The summed E-state index contributed by atoms with van der Waals surface area (Å²) in [6.07, 6.45) is 4.70. The van der Waals surface area contributed by atoms with Gasteiger partial charge in [0.1, 0.15) is 11.4 Å². The molecule has 1 saturated carbocycles. The van der Waals surface area contributed by atoms with Crippen LogP contribution in [0.5, 0.6) is 0 Å². The zero-order chi connectivity index (χ0) is 17.7. The molecule has 0 spiro atoms. The number of aryl methyl sites for hydroxylation is 1. The highest BCUT2D eigenvalue weighted by Crippen LogP contribution is 2.28. The van der Waals surface area contributed by atoms with Crippen molar-refractivity contribution in [1.29, 1.82) is 5.26 Å². The highest BCUT2D eigenvalue weighted by atomic mass is 16.2. The van der Waals surface area contributed by atoms with Crippen molar-refractivity contribution in [3.8, 4) is 6.07 Å². The minimum absolute atomic E-state index is 0.0163. The Labute approximate surface area is 149 Å². The fourth-order valence-electron chi connectivity index (χ4n) is 3.87. The number of nitrogens with zero attached hydrogens (tertiary/aromatic N) is 3. The summed E-state index contributed by atoms with van der Waals surface area (Å²) in [5.41, 5.74) is 0.391. The highest BCUT2D eigenvalue weighted by molar-refractivity contribution is 5.79. The predicted octanol–water partition coefficient (Wildman–Crippen LogP) is 2.08. The number of hydrogen-bond acceptors (Lipinski definition) is 5. The SMILES string of the molecule is Cc1cccc(NC[C@@H]2CCN(CC(=O)NC3(C#N)CCCC3)C2)n1. The van der Waals surface area contributed by atoms with Gasteiger partial charge in [0.2, 0.25) is 5.91 Å². The number of carbonyl (C=O) groups excluding carboxylic acids is 1. The summed E-state index contributed by atoms with van der Waals surface area (Å²) >= 11 is 0. The van der Waals surface area contributed by atoms with Crippen LogP contribution in [0.25, 0.3) is 0 Å². The van der Waals surface area contributed by atoms with E-state index in [9.17, 15) is 10.1 Å². The van der Waals surface area contributed by atoms with E-state index < -0.39 is 5.54 Å². The fraction of sp³-hybridized carbons (Fsp3) is 0.632. The Balaban J connectivity index is 1.42. The Morgan fingerprint density at radius 2 is 2.24 bits per heavy atom. The summed E-state index contributed by atoms with van der Waals surface area (Å²) in [5, 5.41) is 15.7. The van der Waals surface area contributed by atoms with E-state index in [2.05, 4.69) is 26.6 Å². The molecule has 0 unspecified atom stereocenters. The Morgan fingerprint density at radius 1 is 1.44 bits per heavy atom. The third-order valence-electron chi connectivity index (χ3n) is 5.25. The quantitative estimate of drug-likeness (QED) is 0.828. The molecule has 3 rings (SSSR count). The van der Waals surface area contributed by atoms with Crippen LogP contribution in [0.2, 0.25) is 0 Å². The van der Waals surface area contributed by atoms with Crippen molar-refractivity contribution in [3.05, 3.63) is 23.9 Å². The molecular formula is C19H27N5O.